The Kier molecular flexibility index (Phi) is 18.4. The lowest BCUT2D eigenvalue weighted by molar-refractivity contribution is -0.136. The van der Waals surface area contributed by atoms with Crippen LogP contribution in [0.25, 0.3) is 0 Å². The number of ether oxygens (including phenoxy) is 5. The third kappa shape index (κ3) is 12.9. The number of rotatable bonds is 27. The van der Waals surface area contributed by atoms with E-state index in [4.69, 9.17) is 23.7 Å². The van der Waals surface area contributed by atoms with Gasteiger partial charge in [0, 0.05) is 75.9 Å². The van der Waals surface area contributed by atoms with Gasteiger partial charge in [-0.15, -0.1) is 0 Å². The summed E-state index contributed by atoms with van der Waals surface area (Å²) in [5.74, 6) is -2.52. The number of benzene rings is 3. The average molecular weight is 1020 g/mol. The number of anilines is 2. The summed E-state index contributed by atoms with van der Waals surface area (Å²) in [6.45, 7) is 6.54. The topological polar surface area (TPSA) is 228 Å². The van der Waals surface area contributed by atoms with Crippen molar-refractivity contribution in [2.45, 2.75) is 69.7 Å². The predicted octanol–water partition coefficient (Wildman–Crippen LogP) is 3.94. The van der Waals surface area contributed by atoms with Crippen LogP contribution in [0.3, 0.4) is 0 Å². The first kappa shape index (κ1) is 53.5. The fraction of sp³-hybridized carbons (Fsp3) is 0.463. The molecule has 1 saturated heterocycles. The molecule has 1 aliphatic carbocycles. The Balaban J connectivity index is 0.617. The highest BCUT2D eigenvalue weighted by Gasteiger charge is 2.49. The van der Waals surface area contributed by atoms with Crippen molar-refractivity contribution in [3.05, 3.63) is 118 Å². The molecular weight excluding hydrogens is 953 g/mol. The lowest BCUT2D eigenvalue weighted by atomic mass is 9.71. The highest BCUT2D eigenvalue weighted by atomic mass is 16.6. The van der Waals surface area contributed by atoms with Gasteiger partial charge >= 0.3 is 0 Å². The van der Waals surface area contributed by atoms with E-state index >= 15 is 0 Å². The second-order valence-corrected chi connectivity index (χ2v) is 18.8. The third-order valence-electron chi connectivity index (χ3n) is 13.7. The second-order valence-electron chi connectivity index (χ2n) is 18.8. The third-order valence-corrected chi connectivity index (χ3v) is 13.7. The molecule has 4 aliphatic rings. The van der Waals surface area contributed by atoms with E-state index in [1.54, 1.807) is 37.2 Å². The monoisotopic (exact) mass is 1020 g/mol. The maximum atomic E-state index is 13.5. The van der Waals surface area contributed by atoms with Gasteiger partial charge in [0.05, 0.1) is 89.2 Å². The van der Waals surface area contributed by atoms with Crippen LogP contribution in [0.5, 0.6) is 0 Å². The van der Waals surface area contributed by atoms with Crippen molar-refractivity contribution in [1.29, 1.82) is 0 Å². The molecule has 0 bridgehead atoms. The molecule has 8 rings (SSSR count). The van der Waals surface area contributed by atoms with Gasteiger partial charge in [-0.1, -0.05) is 30.3 Å². The molecule has 1 spiro atoms. The van der Waals surface area contributed by atoms with E-state index in [1.807, 2.05) is 54.6 Å². The summed E-state index contributed by atoms with van der Waals surface area (Å²) in [6.07, 6.45) is 3.55. The standard InChI is InChI=1S/C54H66N8O12/c1-59(2)51(67)39-11-7-38(8-12-39)36-60-23-24-61-43(15-17-45(61)54(60)20-4-21-54)49(65)56-35-37-9-13-40(14-10-37)57-47(64)19-25-70-27-29-72-31-33-74-34-32-73-30-28-71-26-22-55-42-6-3-5-41-48(42)53(69)62(52(41)68)44-16-18-46(63)58-50(44)66/h3,5-15,17,44,55H,4,16,18-36H2,1-2H3,(H,56,65)(H,57,64)(H,58,63,66). The summed E-state index contributed by atoms with van der Waals surface area (Å²) < 4.78 is 30.0. The van der Waals surface area contributed by atoms with Crippen molar-refractivity contribution in [3.8, 4) is 0 Å². The summed E-state index contributed by atoms with van der Waals surface area (Å²) in [6, 6.07) is 23.2. The van der Waals surface area contributed by atoms with Gasteiger partial charge in [-0.25, -0.2) is 0 Å². The SMILES string of the molecule is CN(C)C(=O)c1ccc(CN2CCn3c(C(=O)NCc4ccc(NC(=O)CCOCCOCCOCCOCCOCCNc5cccc6c5C(=O)N(C5CCC(=O)NC5=O)C6=O)cc4)ccc3C23CCC3)cc1. The number of fused-ring (bicyclic) bond motifs is 3. The minimum Gasteiger partial charge on any atom is -0.382 e. The quantitative estimate of drug-likeness (QED) is 0.0491. The van der Waals surface area contributed by atoms with Gasteiger partial charge in [0.2, 0.25) is 17.7 Å². The van der Waals surface area contributed by atoms with Crippen molar-refractivity contribution in [3.63, 3.8) is 0 Å². The first-order valence-corrected chi connectivity index (χ1v) is 25.3. The number of nitrogens with one attached hydrogen (secondary N) is 4. The molecule has 74 heavy (non-hydrogen) atoms. The normalized spacial score (nSPS) is 16.9. The number of piperidine rings is 1. The van der Waals surface area contributed by atoms with E-state index in [0.717, 1.165) is 48.4 Å². The average Bonchev–Trinajstić information content (AvgIpc) is 3.93. The van der Waals surface area contributed by atoms with Gasteiger partial charge in [-0.2, -0.15) is 0 Å². The number of carbonyl (C=O) groups is 7. The molecule has 7 amide bonds. The van der Waals surface area contributed by atoms with Crippen LogP contribution in [-0.2, 0) is 63.2 Å². The molecule has 20 heteroatoms. The number of hydrogen-bond donors (Lipinski definition) is 4. The van der Waals surface area contributed by atoms with E-state index in [1.165, 1.54) is 5.69 Å². The van der Waals surface area contributed by atoms with Crippen LogP contribution < -0.4 is 21.3 Å². The van der Waals surface area contributed by atoms with Crippen molar-refractivity contribution in [2.24, 2.45) is 0 Å². The first-order chi connectivity index (χ1) is 35.9. The van der Waals surface area contributed by atoms with Gasteiger partial charge in [-0.3, -0.25) is 48.7 Å². The lowest BCUT2D eigenvalue weighted by Gasteiger charge is -2.53. The molecular formula is C54H66N8O12. The maximum Gasteiger partial charge on any atom is 0.268 e. The van der Waals surface area contributed by atoms with E-state index in [0.29, 0.717) is 102 Å². The van der Waals surface area contributed by atoms with E-state index in [-0.39, 0.29) is 60.3 Å². The number of hydrogen-bond acceptors (Lipinski definition) is 14. The Labute approximate surface area is 430 Å². The van der Waals surface area contributed by atoms with Crippen molar-refractivity contribution in [1.82, 2.24) is 29.9 Å². The van der Waals surface area contributed by atoms with Crippen LogP contribution in [0.2, 0.25) is 0 Å². The minimum atomic E-state index is -1.03. The number of nitrogens with zero attached hydrogens (tertiary/aromatic N) is 4. The second kappa shape index (κ2) is 25.4. The Bertz CT molecular complexity index is 2650. The van der Waals surface area contributed by atoms with Crippen LogP contribution in [0.1, 0.15) is 96.9 Å². The Hall–Kier alpha value is -6.81. The Morgan fingerprint density at radius 2 is 1.38 bits per heavy atom. The smallest absolute Gasteiger partial charge is 0.268 e. The molecule has 1 saturated carbocycles. The van der Waals surface area contributed by atoms with E-state index < -0.39 is 29.7 Å². The predicted molar refractivity (Wildman–Crippen MR) is 271 cm³/mol. The van der Waals surface area contributed by atoms with Gasteiger partial charge in [0.1, 0.15) is 11.7 Å². The number of aromatic nitrogens is 1. The van der Waals surface area contributed by atoms with Crippen molar-refractivity contribution >= 4 is 52.7 Å². The molecule has 0 radical (unpaired) electrons. The summed E-state index contributed by atoms with van der Waals surface area (Å²) >= 11 is 0. The molecule has 4 aromatic rings. The largest absolute Gasteiger partial charge is 0.382 e. The van der Waals surface area contributed by atoms with Gasteiger partial charge in [0.15, 0.2) is 0 Å². The Morgan fingerprint density at radius 1 is 0.730 bits per heavy atom. The molecule has 4 heterocycles. The maximum absolute atomic E-state index is 13.5. The van der Waals surface area contributed by atoms with Crippen LogP contribution in [0.4, 0.5) is 11.4 Å². The molecule has 1 unspecified atom stereocenters. The fourth-order valence-corrected chi connectivity index (χ4v) is 9.72. The van der Waals surface area contributed by atoms with E-state index in [2.05, 4.69) is 36.8 Å². The zero-order valence-electron chi connectivity index (χ0n) is 42.1. The molecule has 1 aromatic heterocycles. The molecule has 1 atom stereocenters. The summed E-state index contributed by atoms with van der Waals surface area (Å²) in [5.41, 5.74) is 6.02. The van der Waals surface area contributed by atoms with E-state index in [9.17, 15) is 33.6 Å². The van der Waals surface area contributed by atoms with Crippen LogP contribution in [0.15, 0.2) is 78.9 Å². The molecule has 3 aliphatic heterocycles. The van der Waals surface area contributed by atoms with Crippen LogP contribution >= 0.6 is 0 Å². The molecule has 3 aromatic carbocycles. The zero-order chi connectivity index (χ0) is 52.0. The molecule has 4 N–H and O–H groups in total. The lowest BCUT2D eigenvalue weighted by Crippen LogP contribution is -2.56. The van der Waals surface area contributed by atoms with Crippen LogP contribution in [0, 0.1) is 0 Å². The van der Waals surface area contributed by atoms with Gasteiger partial charge in [-0.05, 0) is 85.3 Å². The van der Waals surface area contributed by atoms with Crippen molar-refractivity contribution in [2.75, 3.05) is 104 Å². The molecule has 20 nitrogen and oxygen atoms in total. The summed E-state index contributed by atoms with van der Waals surface area (Å²) in [7, 11) is 3.51. The highest BCUT2D eigenvalue weighted by molar-refractivity contribution is 6.25. The van der Waals surface area contributed by atoms with Crippen molar-refractivity contribution < 1.29 is 57.2 Å². The summed E-state index contributed by atoms with van der Waals surface area (Å²) in [5, 5.41) is 11.3. The number of imide groups is 2. The molecule has 394 valence electrons. The number of amides is 7. The highest BCUT2D eigenvalue weighted by Crippen LogP contribution is 2.49. The number of carbonyl (C=O) groups excluding carboxylic acids is 7. The molecule has 2 fully saturated rings. The fourth-order valence-electron chi connectivity index (χ4n) is 9.72. The van der Waals surface area contributed by atoms with Gasteiger partial charge in [0.25, 0.3) is 23.6 Å². The van der Waals surface area contributed by atoms with Gasteiger partial charge < -0.3 is 49.1 Å². The summed E-state index contributed by atoms with van der Waals surface area (Å²) in [4.78, 5) is 93.6. The van der Waals surface area contributed by atoms with Crippen LogP contribution in [-0.4, -0.2) is 160 Å². The zero-order valence-corrected chi connectivity index (χ0v) is 42.1. The Morgan fingerprint density at radius 3 is 2.01 bits per heavy atom. The minimum absolute atomic E-state index is 0.0108. The first-order valence-electron chi connectivity index (χ1n) is 25.3.